The van der Waals surface area contributed by atoms with E-state index in [4.69, 9.17) is 0 Å². The fourth-order valence-electron chi connectivity index (χ4n) is 2.47. The molecule has 1 saturated heterocycles. The molecule has 22 heavy (non-hydrogen) atoms. The van der Waals surface area contributed by atoms with Crippen LogP contribution in [-0.4, -0.2) is 43.4 Å². The van der Waals surface area contributed by atoms with Gasteiger partial charge in [-0.3, -0.25) is 9.59 Å². The van der Waals surface area contributed by atoms with Gasteiger partial charge in [-0.1, -0.05) is 12.1 Å². The van der Waals surface area contributed by atoms with Crippen molar-refractivity contribution < 1.29 is 9.59 Å². The molecule has 0 aliphatic carbocycles. The second-order valence-corrected chi connectivity index (χ2v) is 5.36. The fourth-order valence-corrected chi connectivity index (χ4v) is 2.47. The number of hydrogen-bond acceptors (Lipinski definition) is 3. The van der Waals surface area contributed by atoms with E-state index in [1.54, 1.807) is 7.05 Å². The number of halogens is 1. The third-order valence-electron chi connectivity index (χ3n) is 3.67. The van der Waals surface area contributed by atoms with Crippen LogP contribution in [-0.2, 0) is 11.3 Å². The monoisotopic (exact) mass is 325 g/mol. The lowest BCUT2D eigenvalue weighted by Gasteiger charge is -2.26. The first-order chi connectivity index (χ1) is 10.2. The highest BCUT2D eigenvalue weighted by Crippen LogP contribution is 2.13. The van der Waals surface area contributed by atoms with Crippen LogP contribution >= 0.6 is 12.4 Å². The number of hydrogen-bond donors (Lipinski definition) is 2. The minimum absolute atomic E-state index is 0. The third-order valence-corrected chi connectivity index (χ3v) is 3.67. The highest BCUT2D eigenvalue weighted by atomic mass is 35.5. The van der Waals surface area contributed by atoms with E-state index >= 15 is 0 Å². The van der Waals surface area contributed by atoms with Gasteiger partial charge in [0, 0.05) is 25.2 Å². The first-order valence-electron chi connectivity index (χ1n) is 7.50. The Morgan fingerprint density at radius 2 is 1.73 bits per heavy atom. The zero-order valence-corrected chi connectivity index (χ0v) is 13.7. The number of amides is 2. The normalized spacial score (nSPS) is 14.1. The Kier molecular flexibility index (Phi) is 7.91. The Morgan fingerprint density at radius 1 is 1.09 bits per heavy atom. The molecule has 1 aliphatic heterocycles. The molecule has 0 radical (unpaired) electrons. The third kappa shape index (κ3) is 5.31. The van der Waals surface area contributed by atoms with Gasteiger partial charge in [0.25, 0.3) is 5.91 Å². The maximum Gasteiger partial charge on any atom is 0.253 e. The zero-order valence-electron chi connectivity index (χ0n) is 12.9. The SMILES string of the molecule is CNCC(=O)NCc1ccc(C(=O)N2CCCCC2)cc1.Cl. The van der Waals surface area contributed by atoms with Gasteiger partial charge in [-0.25, -0.2) is 0 Å². The van der Waals surface area contributed by atoms with E-state index in [1.165, 1.54) is 6.42 Å². The molecule has 0 spiro atoms. The molecular weight excluding hydrogens is 302 g/mol. The molecule has 0 saturated carbocycles. The number of piperidine rings is 1. The van der Waals surface area contributed by atoms with Gasteiger partial charge in [0.1, 0.15) is 0 Å². The van der Waals surface area contributed by atoms with E-state index in [1.807, 2.05) is 29.2 Å². The van der Waals surface area contributed by atoms with Gasteiger partial charge >= 0.3 is 0 Å². The van der Waals surface area contributed by atoms with Gasteiger partial charge in [-0.2, -0.15) is 0 Å². The van der Waals surface area contributed by atoms with Crippen LogP contribution in [0.1, 0.15) is 35.2 Å². The molecule has 0 unspecified atom stereocenters. The van der Waals surface area contributed by atoms with Crippen LogP contribution in [0.2, 0.25) is 0 Å². The van der Waals surface area contributed by atoms with E-state index in [0.717, 1.165) is 37.1 Å². The van der Waals surface area contributed by atoms with Crippen molar-refractivity contribution in [3.8, 4) is 0 Å². The molecule has 122 valence electrons. The van der Waals surface area contributed by atoms with Crippen molar-refractivity contribution in [2.24, 2.45) is 0 Å². The molecule has 1 aromatic rings. The lowest BCUT2D eigenvalue weighted by atomic mass is 10.1. The second-order valence-electron chi connectivity index (χ2n) is 5.36. The highest BCUT2D eigenvalue weighted by molar-refractivity contribution is 5.94. The molecule has 1 aliphatic rings. The predicted molar refractivity (Wildman–Crippen MR) is 89.2 cm³/mol. The summed E-state index contributed by atoms with van der Waals surface area (Å²) in [5.41, 5.74) is 1.72. The zero-order chi connectivity index (χ0) is 15.1. The average molecular weight is 326 g/mol. The first kappa shape index (κ1) is 18.5. The van der Waals surface area contributed by atoms with Crippen molar-refractivity contribution in [1.82, 2.24) is 15.5 Å². The van der Waals surface area contributed by atoms with Crippen molar-refractivity contribution in [2.45, 2.75) is 25.8 Å². The first-order valence-corrected chi connectivity index (χ1v) is 7.50. The second kappa shape index (κ2) is 9.43. The van der Waals surface area contributed by atoms with Crippen molar-refractivity contribution in [2.75, 3.05) is 26.7 Å². The number of benzene rings is 1. The molecule has 2 amide bonds. The lowest BCUT2D eigenvalue weighted by molar-refractivity contribution is -0.120. The van der Waals surface area contributed by atoms with Gasteiger partial charge in [0.2, 0.25) is 5.91 Å². The van der Waals surface area contributed by atoms with Crippen LogP contribution in [0.25, 0.3) is 0 Å². The Hall–Kier alpha value is -1.59. The summed E-state index contributed by atoms with van der Waals surface area (Å²) in [5.74, 6) is 0.0754. The van der Waals surface area contributed by atoms with E-state index in [-0.39, 0.29) is 24.2 Å². The van der Waals surface area contributed by atoms with Crippen molar-refractivity contribution in [3.63, 3.8) is 0 Å². The molecule has 2 rings (SSSR count). The van der Waals surface area contributed by atoms with Crippen molar-refractivity contribution in [1.29, 1.82) is 0 Å². The largest absolute Gasteiger partial charge is 0.351 e. The Morgan fingerprint density at radius 3 is 2.32 bits per heavy atom. The van der Waals surface area contributed by atoms with Crippen LogP contribution in [0, 0.1) is 0 Å². The topological polar surface area (TPSA) is 61.4 Å². The van der Waals surface area contributed by atoms with Gasteiger partial charge in [-0.15, -0.1) is 12.4 Å². The molecule has 5 nitrogen and oxygen atoms in total. The molecule has 1 fully saturated rings. The summed E-state index contributed by atoms with van der Waals surface area (Å²) in [6.45, 7) is 2.52. The quantitative estimate of drug-likeness (QED) is 0.864. The summed E-state index contributed by atoms with van der Waals surface area (Å²) >= 11 is 0. The number of nitrogens with one attached hydrogen (secondary N) is 2. The summed E-state index contributed by atoms with van der Waals surface area (Å²) in [7, 11) is 1.74. The van der Waals surface area contributed by atoms with Gasteiger partial charge in [0.05, 0.1) is 6.54 Å². The van der Waals surface area contributed by atoms with Gasteiger partial charge in [0.15, 0.2) is 0 Å². The molecule has 0 bridgehead atoms. The predicted octanol–water partition coefficient (Wildman–Crippen LogP) is 1.57. The van der Waals surface area contributed by atoms with E-state index < -0.39 is 0 Å². The molecular formula is C16H24ClN3O2. The molecule has 0 atom stereocenters. The minimum atomic E-state index is -0.0361. The fraction of sp³-hybridized carbons (Fsp3) is 0.500. The Bertz CT molecular complexity index is 485. The Labute approximate surface area is 137 Å². The van der Waals surface area contributed by atoms with Gasteiger partial charge < -0.3 is 15.5 Å². The minimum Gasteiger partial charge on any atom is -0.351 e. The van der Waals surface area contributed by atoms with Crippen LogP contribution in [0.3, 0.4) is 0 Å². The van der Waals surface area contributed by atoms with Gasteiger partial charge in [-0.05, 0) is 44.0 Å². The van der Waals surface area contributed by atoms with E-state index in [0.29, 0.717) is 13.1 Å². The summed E-state index contributed by atoms with van der Waals surface area (Å²) in [4.78, 5) is 25.6. The molecule has 1 heterocycles. The molecule has 6 heteroatoms. The number of carbonyl (C=O) groups excluding carboxylic acids is 2. The summed E-state index contributed by atoms with van der Waals surface area (Å²) in [6, 6.07) is 7.49. The summed E-state index contributed by atoms with van der Waals surface area (Å²) in [5, 5.41) is 5.62. The van der Waals surface area contributed by atoms with E-state index in [2.05, 4.69) is 10.6 Å². The van der Waals surface area contributed by atoms with Crippen LogP contribution < -0.4 is 10.6 Å². The summed E-state index contributed by atoms with van der Waals surface area (Å²) < 4.78 is 0. The number of likely N-dealkylation sites (tertiary alicyclic amines) is 1. The van der Waals surface area contributed by atoms with Crippen molar-refractivity contribution >= 4 is 24.2 Å². The van der Waals surface area contributed by atoms with Crippen molar-refractivity contribution in [3.05, 3.63) is 35.4 Å². The molecule has 1 aromatic carbocycles. The number of rotatable bonds is 5. The Balaban J connectivity index is 0.00000242. The van der Waals surface area contributed by atoms with E-state index in [9.17, 15) is 9.59 Å². The maximum atomic E-state index is 12.3. The standard InChI is InChI=1S/C16H23N3O2.ClH/c1-17-12-15(20)18-11-13-5-7-14(8-6-13)16(21)19-9-3-2-4-10-19;/h5-8,17H,2-4,9-12H2,1H3,(H,18,20);1H. The lowest BCUT2D eigenvalue weighted by Crippen LogP contribution is -2.35. The van der Waals surface area contributed by atoms with Crippen LogP contribution in [0.5, 0.6) is 0 Å². The number of likely N-dealkylation sites (N-methyl/N-ethyl adjacent to an activating group) is 1. The van der Waals surface area contributed by atoms with Crippen LogP contribution in [0.15, 0.2) is 24.3 Å². The number of carbonyl (C=O) groups is 2. The molecule has 0 aromatic heterocycles. The number of nitrogens with zero attached hydrogens (tertiary/aromatic N) is 1. The average Bonchev–Trinajstić information content (AvgIpc) is 2.54. The smallest absolute Gasteiger partial charge is 0.253 e. The highest BCUT2D eigenvalue weighted by Gasteiger charge is 2.17. The van der Waals surface area contributed by atoms with Crippen LogP contribution in [0.4, 0.5) is 0 Å². The summed E-state index contributed by atoms with van der Waals surface area (Å²) in [6.07, 6.45) is 3.41. The molecule has 2 N–H and O–H groups in total. The maximum absolute atomic E-state index is 12.3.